The zero-order valence-corrected chi connectivity index (χ0v) is 14.3. The molecule has 3 rings (SSSR count). The van der Waals surface area contributed by atoms with Crippen molar-refractivity contribution < 1.29 is 4.79 Å². The van der Waals surface area contributed by atoms with Gasteiger partial charge in [-0.2, -0.15) is 0 Å². The number of nitrogens with zero attached hydrogens (tertiary/aromatic N) is 3. The van der Waals surface area contributed by atoms with E-state index in [1.807, 2.05) is 32.0 Å². The van der Waals surface area contributed by atoms with Gasteiger partial charge in [-0.05, 0) is 38.8 Å². The molecule has 1 saturated carbocycles. The third-order valence-electron chi connectivity index (χ3n) is 4.52. The smallest absolute Gasteiger partial charge is 0.294 e. The molecule has 2 aromatic rings. The van der Waals surface area contributed by atoms with Crippen molar-refractivity contribution in [2.24, 2.45) is 0 Å². The molecule has 0 aromatic carbocycles. The second-order valence-corrected chi connectivity index (χ2v) is 7.15. The number of hydrogen-bond acceptors (Lipinski definition) is 4. The molecule has 1 amide bonds. The quantitative estimate of drug-likeness (QED) is 0.865. The van der Waals surface area contributed by atoms with E-state index in [1.165, 1.54) is 11.3 Å². The monoisotopic (exact) mass is 331 g/mol. The summed E-state index contributed by atoms with van der Waals surface area (Å²) in [6, 6.07) is 5.79. The highest BCUT2D eigenvalue weighted by molar-refractivity contribution is 7.09. The summed E-state index contributed by atoms with van der Waals surface area (Å²) in [6.45, 7) is 3.89. The SMILES string of the molecule is Cc1sc(=O)n(CC(=O)N(c2ccccn2)C2CCCC2)c1C. The van der Waals surface area contributed by atoms with Crippen LogP contribution in [0.25, 0.3) is 0 Å². The van der Waals surface area contributed by atoms with Crippen molar-refractivity contribution in [2.75, 3.05) is 4.90 Å². The molecule has 0 saturated heterocycles. The fourth-order valence-corrected chi connectivity index (χ4v) is 3.99. The van der Waals surface area contributed by atoms with Crippen molar-refractivity contribution in [1.82, 2.24) is 9.55 Å². The Morgan fingerprint density at radius 3 is 2.65 bits per heavy atom. The molecular formula is C17H21N3O2S. The lowest BCUT2D eigenvalue weighted by Crippen LogP contribution is -2.42. The average Bonchev–Trinajstić information content (AvgIpc) is 3.14. The number of carbonyl (C=O) groups excluding carboxylic acids is 1. The molecule has 122 valence electrons. The maximum atomic E-state index is 12.9. The van der Waals surface area contributed by atoms with E-state index in [0.717, 1.165) is 36.3 Å². The molecule has 0 aliphatic heterocycles. The average molecular weight is 331 g/mol. The Bertz CT molecular complexity index is 745. The molecule has 6 heteroatoms. The van der Waals surface area contributed by atoms with Gasteiger partial charge in [0.1, 0.15) is 12.4 Å². The maximum absolute atomic E-state index is 12.9. The Morgan fingerprint density at radius 1 is 1.35 bits per heavy atom. The number of thiazole rings is 1. The van der Waals surface area contributed by atoms with Gasteiger partial charge in [0.25, 0.3) is 0 Å². The number of aryl methyl sites for hydroxylation is 1. The molecule has 1 aliphatic rings. The summed E-state index contributed by atoms with van der Waals surface area (Å²) in [6.07, 6.45) is 5.98. The molecule has 0 atom stereocenters. The van der Waals surface area contributed by atoms with Crippen molar-refractivity contribution in [2.45, 2.75) is 52.1 Å². The minimum atomic E-state index is -0.0688. The van der Waals surface area contributed by atoms with Crippen molar-refractivity contribution in [3.8, 4) is 0 Å². The van der Waals surface area contributed by atoms with Crippen LogP contribution in [0.5, 0.6) is 0 Å². The van der Waals surface area contributed by atoms with Crippen molar-refractivity contribution in [3.05, 3.63) is 44.6 Å². The summed E-state index contributed by atoms with van der Waals surface area (Å²) in [5.41, 5.74) is 0.876. The van der Waals surface area contributed by atoms with Gasteiger partial charge in [-0.1, -0.05) is 30.2 Å². The number of carbonyl (C=O) groups is 1. The number of amides is 1. The van der Waals surface area contributed by atoms with Gasteiger partial charge < -0.3 is 0 Å². The summed E-state index contributed by atoms with van der Waals surface area (Å²) >= 11 is 1.20. The highest BCUT2D eigenvalue weighted by Gasteiger charge is 2.29. The van der Waals surface area contributed by atoms with Crippen molar-refractivity contribution >= 4 is 23.1 Å². The fourth-order valence-electron chi connectivity index (χ4n) is 3.16. The van der Waals surface area contributed by atoms with E-state index in [4.69, 9.17) is 0 Å². The second kappa shape index (κ2) is 6.66. The van der Waals surface area contributed by atoms with E-state index in [1.54, 1.807) is 15.7 Å². The third kappa shape index (κ3) is 3.22. The number of rotatable bonds is 4. The summed E-state index contributed by atoms with van der Waals surface area (Å²) in [4.78, 5) is 32.1. The van der Waals surface area contributed by atoms with E-state index in [9.17, 15) is 9.59 Å². The maximum Gasteiger partial charge on any atom is 0.308 e. The highest BCUT2D eigenvalue weighted by atomic mass is 32.1. The molecule has 2 aromatic heterocycles. The molecule has 0 bridgehead atoms. The van der Waals surface area contributed by atoms with Crippen LogP contribution >= 0.6 is 11.3 Å². The normalized spacial score (nSPS) is 15.0. The lowest BCUT2D eigenvalue weighted by atomic mass is 10.2. The molecule has 5 nitrogen and oxygen atoms in total. The van der Waals surface area contributed by atoms with Gasteiger partial charge in [-0.15, -0.1) is 0 Å². The van der Waals surface area contributed by atoms with E-state index in [0.29, 0.717) is 5.82 Å². The van der Waals surface area contributed by atoms with Crippen LogP contribution in [-0.2, 0) is 11.3 Å². The van der Waals surface area contributed by atoms with Gasteiger partial charge in [0.2, 0.25) is 5.91 Å². The van der Waals surface area contributed by atoms with Crippen LogP contribution in [0.3, 0.4) is 0 Å². The first-order valence-electron chi connectivity index (χ1n) is 7.98. The first-order chi connectivity index (χ1) is 11.1. The third-order valence-corrected chi connectivity index (χ3v) is 5.52. The Hall–Kier alpha value is -1.95. The molecular weight excluding hydrogens is 310 g/mol. The van der Waals surface area contributed by atoms with E-state index < -0.39 is 0 Å². The summed E-state index contributed by atoms with van der Waals surface area (Å²) in [5, 5.41) is 0. The Morgan fingerprint density at radius 2 is 2.09 bits per heavy atom. The van der Waals surface area contributed by atoms with Crippen LogP contribution in [0.15, 0.2) is 29.2 Å². The first kappa shape index (κ1) is 15.9. The number of anilines is 1. The van der Waals surface area contributed by atoms with Crippen molar-refractivity contribution in [3.63, 3.8) is 0 Å². The zero-order chi connectivity index (χ0) is 16.4. The Labute approximate surface area is 139 Å². The van der Waals surface area contributed by atoms with Gasteiger partial charge in [0, 0.05) is 22.8 Å². The Kier molecular flexibility index (Phi) is 4.61. The molecule has 23 heavy (non-hydrogen) atoms. The fraction of sp³-hybridized carbons (Fsp3) is 0.471. The van der Waals surface area contributed by atoms with Crippen LogP contribution in [0.1, 0.15) is 36.3 Å². The molecule has 0 radical (unpaired) electrons. The van der Waals surface area contributed by atoms with Crippen molar-refractivity contribution in [1.29, 1.82) is 0 Å². The summed E-state index contributed by atoms with van der Waals surface area (Å²) in [7, 11) is 0. The number of aromatic nitrogens is 2. The first-order valence-corrected chi connectivity index (χ1v) is 8.79. The lowest BCUT2D eigenvalue weighted by molar-refractivity contribution is -0.119. The molecule has 0 spiro atoms. The topological polar surface area (TPSA) is 55.2 Å². The Balaban J connectivity index is 1.90. The zero-order valence-electron chi connectivity index (χ0n) is 13.5. The van der Waals surface area contributed by atoms with Crippen LogP contribution < -0.4 is 9.77 Å². The molecule has 2 heterocycles. The second-order valence-electron chi connectivity index (χ2n) is 5.99. The lowest BCUT2D eigenvalue weighted by Gasteiger charge is -2.28. The van der Waals surface area contributed by atoms with Crippen LogP contribution in [-0.4, -0.2) is 21.5 Å². The standard InChI is InChI=1S/C17H21N3O2S/c1-12-13(2)23-17(22)19(12)11-16(21)20(14-7-3-4-8-14)15-9-5-6-10-18-15/h5-6,9-10,14H,3-4,7-8,11H2,1-2H3. The van der Waals surface area contributed by atoms with Crippen LogP contribution in [0.4, 0.5) is 5.82 Å². The predicted octanol–water partition coefficient (Wildman–Crippen LogP) is 2.90. The predicted molar refractivity (Wildman–Crippen MR) is 92.0 cm³/mol. The van der Waals surface area contributed by atoms with Gasteiger partial charge >= 0.3 is 4.87 Å². The molecule has 0 N–H and O–H groups in total. The van der Waals surface area contributed by atoms with E-state index in [-0.39, 0.29) is 23.4 Å². The summed E-state index contributed by atoms with van der Waals surface area (Å²) < 4.78 is 1.58. The van der Waals surface area contributed by atoms with E-state index in [2.05, 4.69) is 4.98 Å². The molecule has 1 fully saturated rings. The van der Waals surface area contributed by atoms with Gasteiger partial charge in [-0.3, -0.25) is 19.1 Å². The summed E-state index contributed by atoms with van der Waals surface area (Å²) in [5.74, 6) is 0.626. The van der Waals surface area contributed by atoms with Gasteiger partial charge in [0.15, 0.2) is 0 Å². The highest BCUT2D eigenvalue weighted by Crippen LogP contribution is 2.27. The minimum absolute atomic E-state index is 0.0569. The molecule has 0 unspecified atom stereocenters. The van der Waals surface area contributed by atoms with Crippen LogP contribution in [0.2, 0.25) is 0 Å². The molecule has 1 aliphatic carbocycles. The number of pyridine rings is 1. The number of hydrogen-bond donors (Lipinski definition) is 0. The van der Waals surface area contributed by atoms with E-state index >= 15 is 0 Å². The van der Waals surface area contributed by atoms with Gasteiger partial charge in [0.05, 0.1) is 0 Å². The van der Waals surface area contributed by atoms with Gasteiger partial charge in [-0.25, -0.2) is 4.98 Å². The minimum Gasteiger partial charge on any atom is -0.294 e. The largest absolute Gasteiger partial charge is 0.308 e. The van der Waals surface area contributed by atoms with Crippen LogP contribution in [0, 0.1) is 13.8 Å².